The maximum atomic E-state index is 8.99. The minimum atomic E-state index is 0.580. The summed E-state index contributed by atoms with van der Waals surface area (Å²) in [4.78, 5) is 5.23. The summed E-state index contributed by atoms with van der Waals surface area (Å²) in [6.07, 6.45) is 0. The quantitative estimate of drug-likeness (QED) is 0.820. The fourth-order valence-corrected chi connectivity index (χ4v) is 3.18. The third kappa shape index (κ3) is 2.56. The molecule has 0 atom stereocenters. The summed E-state index contributed by atoms with van der Waals surface area (Å²) in [5, 5.41) is 11.6. The molecule has 0 saturated heterocycles. The number of nitriles is 1. The zero-order valence-corrected chi connectivity index (χ0v) is 10.8. The van der Waals surface area contributed by atoms with Crippen LogP contribution in [0.3, 0.4) is 0 Å². The first-order valence-corrected chi connectivity index (χ1v) is 6.56. The average molecular weight is 267 g/mol. The average Bonchev–Trinajstić information content (AvgIpc) is 2.67. The van der Waals surface area contributed by atoms with Crippen molar-refractivity contribution in [3.8, 4) is 6.07 Å². The van der Waals surface area contributed by atoms with Gasteiger partial charge in [-0.1, -0.05) is 23.4 Å². The van der Waals surface area contributed by atoms with Crippen LogP contribution < -0.4 is 0 Å². The summed E-state index contributed by atoms with van der Waals surface area (Å²) in [6, 6.07) is 7.44. The summed E-state index contributed by atoms with van der Waals surface area (Å²) < 4.78 is 0.941. The molecule has 0 fully saturated rings. The largest absolute Gasteiger partial charge is 0.235 e. The van der Waals surface area contributed by atoms with Gasteiger partial charge in [0.05, 0.1) is 5.56 Å². The molecule has 0 aliphatic rings. The van der Waals surface area contributed by atoms with Crippen molar-refractivity contribution < 1.29 is 0 Å². The summed E-state index contributed by atoms with van der Waals surface area (Å²) in [5.41, 5.74) is 1.59. The highest BCUT2D eigenvalue weighted by molar-refractivity contribution is 8.01. The number of hydrogen-bond acceptors (Lipinski definition) is 4. The van der Waals surface area contributed by atoms with E-state index >= 15 is 0 Å². The number of rotatable bonds is 2. The van der Waals surface area contributed by atoms with Crippen LogP contribution in [-0.2, 0) is 0 Å². The van der Waals surface area contributed by atoms with Gasteiger partial charge in [0, 0.05) is 21.0 Å². The van der Waals surface area contributed by atoms with E-state index in [-0.39, 0.29) is 0 Å². The molecule has 0 radical (unpaired) electrons. The highest BCUT2D eigenvalue weighted by atomic mass is 35.5. The molecular weight excluding hydrogens is 260 g/mol. The minimum Gasteiger partial charge on any atom is -0.235 e. The molecular formula is C11H7ClN2S2. The summed E-state index contributed by atoms with van der Waals surface area (Å²) in [7, 11) is 0. The number of nitrogens with zero attached hydrogens (tertiary/aromatic N) is 2. The molecule has 2 aromatic rings. The smallest absolute Gasteiger partial charge is 0.154 e. The highest BCUT2D eigenvalue weighted by Crippen LogP contribution is 2.33. The zero-order valence-electron chi connectivity index (χ0n) is 8.40. The van der Waals surface area contributed by atoms with Crippen LogP contribution in [0.2, 0.25) is 5.02 Å². The van der Waals surface area contributed by atoms with Gasteiger partial charge in [-0.3, -0.25) is 0 Å². The Bertz CT molecular complexity index is 557. The Hall–Kier alpha value is -1.02. The van der Waals surface area contributed by atoms with E-state index in [1.807, 2.05) is 18.4 Å². The lowest BCUT2D eigenvalue weighted by Gasteiger charge is -2.00. The Balaban J connectivity index is 2.31. The van der Waals surface area contributed by atoms with Gasteiger partial charge in [0.2, 0.25) is 0 Å². The second-order valence-corrected chi connectivity index (χ2v) is 5.69. The van der Waals surface area contributed by atoms with E-state index in [0.717, 1.165) is 14.9 Å². The minimum absolute atomic E-state index is 0.580. The Morgan fingerprint density at radius 2 is 2.31 bits per heavy atom. The molecule has 1 heterocycles. The Kier molecular flexibility index (Phi) is 3.49. The highest BCUT2D eigenvalue weighted by Gasteiger charge is 2.07. The van der Waals surface area contributed by atoms with Gasteiger partial charge in [0.25, 0.3) is 0 Å². The lowest BCUT2D eigenvalue weighted by atomic mass is 10.2. The maximum absolute atomic E-state index is 8.99. The molecule has 0 N–H and O–H groups in total. The van der Waals surface area contributed by atoms with Crippen molar-refractivity contribution in [1.82, 2.24) is 4.98 Å². The number of hydrogen-bond donors (Lipinski definition) is 0. The zero-order chi connectivity index (χ0) is 11.5. The van der Waals surface area contributed by atoms with E-state index in [0.29, 0.717) is 10.6 Å². The fraction of sp³-hybridized carbons (Fsp3) is 0.0909. The third-order valence-corrected chi connectivity index (χ3v) is 4.22. The number of halogens is 1. The molecule has 0 amide bonds. The van der Waals surface area contributed by atoms with Gasteiger partial charge in [-0.25, -0.2) is 4.98 Å². The molecule has 1 aromatic carbocycles. The summed E-state index contributed by atoms with van der Waals surface area (Å²) in [6.45, 7) is 1.95. The van der Waals surface area contributed by atoms with Gasteiger partial charge in [-0.05, 0) is 25.1 Å². The maximum Gasteiger partial charge on any atom is 0.154 e. The molecule has 0 unspecified atom stereocenters. The molecule has 0 bridgehead atoms. The fourth-order valence-electron chi connectivity index (χ4n) is 1.15. The third-order valence-electron chi connectivity index (χ3n) is 1.86. The van der Waals surface area contributed by atoms with Gasteiger partial charge in [-0.2, -0.15) is 5.26 Å². The number of benzene rings is 1. The van der Waals surface area contributed by atoms with Crippen molar-refractivity contribution in [1.29, 1.82) is 5.26 Å². The molecule has 1 aromatic heterocycles. The molecule has 0 saturated carbocycles. The van der Waals surface area contributed by atoms with Gasteiger partial charge < -0.3 is 0 Å². The van der Waals surface area contributed by atoms with Gasteiger partial charge in [-0.15, -0.1) is 11.3 Å². The van der Waals surface area contributed by atoms with Crippen LogP contribution in [0.5, 0.6) is 0 Å². The first-order chi connectivity index (χ1) is 7.69. The molecule has 0 aliphatic heterocycles. The van der Waals surface area contributed by atoms with Crippen LogP contribution >= 0.6 is 34.7 Å². The Labute approximate surface area is 107 Å². The Morgan fingerprint density at radius 3 is 2.94 bits per heavy atom. The second-order valence-electron chi connectivity index (χ2n) is 3.11. The molecule has 0 spiro atoms. The molecule has 0 aliphatic carbocycles. The topological polar surface area (TPSA) is 36.7 Å². The molecule has 16 heavy (non-hydrogen) atoms. The number of aromatic nitrogens is 1. The predicted molar refractivity (Wildman–Crippen MR) is 67.1 cm³/mol. The van der Waals surface area contributed by atoms with Crippen molar-refractivity contribution in [3.63, 3.8) is 0 Å². The summed E-state index contributed by atoms with van der Waals surface area (Å²) >= 11 is 8.90. The van der Waals surface area contributed by atoms with Crippen LogP contribution in [0.1, 0.15) is 11.3 Å². The van der Waals surface area contributed by atoms with E-state index in [9.17, 15) is 0 Å². The van der Waals surface area contributed by atoms with Gasteiger partial charge >= 0.3 is 0 Å². The number of thiazole rings is 1. The van der Waals surface area contributed by atoms with Crippen LogP contribution in [0.25, 0.3) is 0 Å². The van der Waals surface area contributed by atoms with Crippen LogP contribution in [0, 0.1) is 18.3 Å². The second kappa shape index (κ2) is 4.88. The van der Waals surface area contributed by atoms with Crippen LogP contribution in [0.15, 0.2) is 32.8 Å². The Morgan fingerprint density at radius 1 is 1.50 bits per heavy atom. The van der Waals surface area contributed by atoms with Gasteiger partial charge in [0.15, 0.2) is 4.34 Å². The van der Waals surface area contributed by atoms with Crippen LogP contribution in [-0.4, -0.2) is 4.98 Å². The van der Waals surface area contributed by atoms with Gasteiger partial charge in [0.1, 0.15) is 6.07 Å². The predicted octanol–water partition coefficient (Wildman–Crippen LogP) is 4.13. The molecule has 2 nitrogen and oxygen atoms in total. The van der Waals surface area contributed by atoms with E-state index < -0.39 is 0 Å². The normalized spacial score (nSPS) is 10.1. The monoisotopic (exact) mass is 266 g/mol. The standard InChI is InChI=1S/C11H7ClN2S2/c1-7-6-15-11(14-7)16-10-3-2-9(12)4-8(10)5-13/h2-4,6H,1H3. The van der Waals surface area contributed by atoms with E-state index in [1.54, 1.807) is 23.5 Å². The van der Waals surface area contributed by atoms with E-state index in [4.69, 9.17) is 16.9 Å². The summed E-state index contributed by atoms with van der Waals surface area (Å²) in [5.74, 6) is 0. The van der Waals surface area contributed by atoms with E-state index in [2.05, 4.69) is 11.1 Å². The van der Waals surface area contributed by atoms with Crippen molar-refractivity contribution in [2.45, 2.75) is 16.2 Å². The lowest BCUT2D eigenvalue weighted by Crippen LogP contribution is -1.81. The molecule has 80 valence electrons. The lowest BCUT2D eigenvalue weighted by molar-refractivity contribution is 1.16. The SMILES string of the molecule is Cc1csc(Sc2ccc(Cl)cc2C#N)n1. The molecule has 5 heteroatoms. The van der Waals surface area contributed by atoms with Crippen molar-refractivity contribution >= 4 is 34.7 Å². The van der Waals surface area contributed by atoms with Crippen molar-refractivity contribution in [3.05, 3.63) is 39.9 Å². The first-order valence-electron chi connectivity index (χ1n) is 4.48. The van der Waals surface area contributed by atoms with Crippen molar-refractivity contribution in [2.24, 2.45) is 0 Å². The number of aryl methyl sites for hydroxylation is 1. The first kappa shape index (κ1) is 11.5. The van der Waals surface area contributed by atoms with Crippen molar-refractivity contribution in [2.75, 3.05) is 0 Å². The molecule has 2 rings (SSSR count). The van der Waals surface area contributed by atoms with E-state index in [1.165, 1.54) is 11.8 Å². The van der Waals surface area contributed by atoms with Crippen LogP contribution in [0.4, 0.5) is 0 Å².